The van der Waals surface area contributed by atoms with Gasteiger partial charge in [-0.3, -0.25) is 14.1 Å². The summed E-state index contributed by atoms with van der Waals surface area (Å²) in [5.74, 6) is 1.61. The SMILES string of the molecule is COc1ccc([C@@H]2CCCN2Cc2cc(=O)n3c(C)cccc3n2)c(OC)c1. The first-order chi connectivity index (χ1) is 13.6. The summed E-state index contributed by atoms with van der Waals surface area (Å²) in [5.41, 5.74) is 3.50. The Morgan fingerprint density at radius 3 is 2.79 bits per heavy atom. The summed E-state index contributed by atoms with van der Waals surface area (Å²) < 4.78 is 12.6. The van der Waals surface area contributed by atoms with Crippen LogP contribution in [0.15, 0.2) is 47.3 Å². The number of fused-ring (bicyclic) bond motifs is 1. The van der Waals surface area contributed by atoms with Gasteiger partial charge in [0.05, 0.1) is 19.9 Å². The van der Waals surface area contributed by atoms with Crippen molar-refractivity contribution in [2.24, 2.45) is 0 Å². The van der Waals surface area contributed by atoms with Crippen molar-refractivity contribution in [1.29, 1.82) is 0 Å². The molecule has 146 valence electrons. The third kappa shape index (κ3) is 3.36. The molecule has 6 nitrogen and oxygen atoms in total. The number of methoxy groups -OCH3 is 2. The van der Waals surface area contributed by atoms with E-state index in [9.17, 15) is 4.79 Å². The van der Waals surface area contributed by atoms with Gasteiger partial charge in [-0.1, -0.05) is 12.1 Å². The Balaban J connectivity index is 1.65. The number of likely N-dealkylation sites (tertiary alicyclic amines) is 1. The van der Waals surface area contributed by atoms with E-state index in [4.69, 9.17) is 14.5 Å². The Morgan fingerprint density at radius 1 is 1.14 bits per heavy atom. The molecule has 0 amide bonds. The van der Waals surface area contributed by atoms with Crippen LogP contribution in [0.1, 0.15) is 35.8 Å². The fraction of sp³-hybridized carbons (Fsp3) is 0.364. The van der Waals surface area contributed by atoms with Gasteiger partial charge in [0.25, 0.3) is 5.56 Å². The molecular weight excluding hydrogens is 354 g/mol. The fourth-order valence-electron chi connectivity index (χ4n) is 4.11. The minimum Gasteiger partial charge on any atom is -0.497 e. The zero-order valence-corrected chi connectivity index (χ0v) is 16.5. The molecule has 1 saturated heterocycles. The highest BCUT2D eigenvalue weighted by molar-refractivity contribution is 5.43. The van der Waals surface area contributed by atoms with Gasteiger partial charge in [0.2, 0.25) is 0 Å². The van der Waals surface area contributed by atoms with Crippen molar-refractivity contribution >= 4 is 5.65 Å². The maximum Gasteiger partial charge on any atom is 0.258 e. The van der Waals surface area contributed by atoms with Crippen molar-refractivity contribution in [2.45, 2.75) is 32.4 Å². The van der Waals surface area contributed by atoms with Gasteiger partial charge in [0.1, 0.15) is 17.1 Å². The highest BCUT2D eigenvalue weighted by Gasteiger charge is 2.29. The highest BCUT2D eigenvalue weighted by Crippen LogP contribution is 2.39. The van der Waals surface area contributed by atoms with Crippen LogP contribution in [0, 0.1) is 6.92 Å². The first-order valence-corrected chi connectivity index (χ1v) is 9.55. The molecule has 0 aliphatic carbocycles. The molecule has 3 heterocycles. The van der Waals surface area contributed by atoms with Gasteiger partial charge in [0.15, 0.2) is 0 Å². The predicted molar refractivity (Wildman–Crippen MR) is 108 cm³/mol. The van der Waals surface area contributed by atoms with E-state index in [0.717, 1.165) is 47.8 Å². The molecule has 6 heteroatoms. The largest absolute Gasteiger partial charge is 0.497 e. The van der Waals surface area contributed by atoms with Crippen LogP contribution in [0.3, 0.4) is 0 Å². The average Bonchev–Trinajstić information content (AvgIpc) is 3.15. The second kappa shape index (κ2) is 7.64. The molecule has 0 bridgehead atoms. The Hall–Kier alpha value is -2.86. The molecule has 0 spiro atoms. The second-order valence-electron chi connectivity index (χ2n) is 7.18. The van der Waals surface area contributed by atoms with Crippen molar-refractivity contribution in [3.8, 4) is 11.5 Å². The van der Waals surface area contributed by atoms with Crippen LogP contribution >= 0.6 is 0 Å². The van der Waals surface area contributed by atoms with Gasteiger partial charge in [-0.25, -0.2) is 4.98 Å². The number of nitrogens with zero attached hydrogens (tertiary/aromatic N) is 3. The van der Waals surface area contributed by atoms with Gasteiger partial charge >= 0.3 is 0 Å². The lowest BCUT2D eigenvalue weighted by Gasteiger charge is -2.26. The lowest BCUT2D eigenvalue weighted by Crippen LogP contribution is -2.26. The first kappa shape index (κ1) is 18.5. The molecule has 0 N–H and O–H groups in total. The third-order valence-electron chi connectivity index (χ3n) is 5.46. The Kier molecular flexibility index (Phi) is 5.05. The Labute approximate surface area is 164 Å². The van der Waals surface area contributed by atoms with E-state index >= 15 is 0 Å². The first-order valence-electron chi connectivity index (χ1n) is 9.55. The van der Waals surface area contributed by atoms with Gasteiger partial charge < -0.3 is 9.47 Å². The Morgan fingerprint density at radius 2 is 2.00 bits per heavy atom. The fourth-order valence-corrected chi connectivity index (χ4v) is 4.11. The van der Waals surface area contributed by atoms with Crippen molar-refractivity contribution in [1.82, 2.24) is 14.3 Å². The summed E-state index contributed by atoms with van der Waals surface area (Å²) in [6, 6.07) is 13.6. The van der Waals surface area contributed by atoms with Crippen LogP contribution in [-0.4, -0.2) is 35.0 Å². The molecule has 1 aliphatic rings. The number of rotatable bonds is 5. The molecule has 28 heavy (non-hydrogen) atoms. The monoisotopic (exact) mass is 379 g/mol. The molecule has 4 rings (SSSR count). The van der Waals surface area contributed by atoms with Crippen molar-refractivity contribution in [2.75, 3.05) is 20.8 Å². The topological polar surface area (TPSA) is 56.1 Å². The van der Waals surface area contributed by atoms with Crippen molar-refractivity contribution < 1.29 is 9.47 Å². The maximum absolute atomic E-state index is 12.6. The smallest absolute Gasteiger partial charge is 0.258 e. The predicted octanol–water partition coefficient (Wildman–Crippen LogP) is 3.36. The molecule has 0 radical (unpaired) electrons. The highest BCUT2D eigenvalue weighted by atomic mass is 16.5. The van der Waals surface area contributed by atoms with E-state index in [1.165, 1.54) is 0 Å². The van der Waals surface area contributed by atoms with Crippen LogP contribution < -0.4 is 15.0 Å². The summed E-state index contributed by atoms with van der Waals surface area (Å²) in [7, 11) is 3.34. The number of aromatic nitrogens is 2. The van der Waals surface area contributed by atoms with Crippen molar-refractivity contribution in [3.05, 3.63) is 69.8 Å². The molecule has 1 fully saturated rings. The molecule has 0 saturated carbocycles. The van der Waals surface area contributed by atoms with E-state index in [1.54, 1.807) is 24.7 Å². The lowest BCUT2D eigenvalue weighted by atomic mass is 10.0. The Bertz CT molecular complexity index is 1060. The molecule has 0 unspecified atom stereocenters. The van der Waals surface area contributed by atoms with Gasteiger partial charge in [-0.05, 0) is 44.5 Å². The molecule has 1 atom stereocenters. The number of aryl methyl sites for hydroxylation is 1. The van der Waals surface area contributed by atoms with Crippen LogP contribution in [0.2, 0.25) is 0 Å². The van der Waals surface area contributed by atoms with Crippen molar-refractivity contribution in [3.63, 3.8) is 0 Å². The van der Waals surface area contributed by atoms with E-state index < -0.39 is 0 Å². The number of pyridine rings is 1. The van der Waals surface area contributed by atoms with E-state index in [0.29, 0.717) is 12.2 Å². The minimum absolute atomic E-state index is 0.0316. The minimum atomic E-state index is -0.0316. The summed E-state index contributed by atoms with van der Waals surface area (Å²) >= 11 is 0. The maximum atomic E-state index is 12.6. The average molecular weight is 379 g/mol. The van der Waals surface area contributed by atoms with Crippen LogP contribution in [0.5, 0.6) is 11.5 Å². The summed E-state index contributed by atoms with van der Waals surface area (Å²) in [6.07, 6.45) is 2.15. The molecule has 3 aromatic rings. The molecule has 1 aliphatic heterocycles. The molecular formula is C22H25N3O3. The lowest BCUT2D eigenvalue weighted by molar-refractivity contribution is 0.240. The summed E-state index contributed by atoms with van der Waals surface area (Å²) in [6.45, 7) is 3.52. The van der Waals surface area contributed by atoms with E-state index in [-0.39, 0.29) is 11.6 Å². The van der Waals surface area contributed by atoms with Crippen LogP contribution in [0.4, 0.5) is 0 Å². The zero-order valence-electron chi connectivity index (χ0n) is 16.5. The molecule has 2 aromatic heterocycles. The standard InChI is InChI=1S/C22H25N3O3/c1-15-6-4-8-21-23-16(12-22(26)25(15)21)14-24-11-5-7-19(24)18-10-9-17(27-2)13-20(18)28-3/h4,6,8-10,12-13,19H,5,7,11,14H2,1-3H3/t19-/m0/s1. The molecule has 1 aromatic carbocycles. The number of hydrogen-bond donors (Lipinski definition) is 0. The zero-order chi connectivity index (χ0) is 19.7. The van der Waals surface area contributed by atoms with Gasteiger partial charge in [0, 0.05) is 36.0 Å². The quantitative estimate of drug-likeness (QED) is 0.680. The number of benzene rings is 1. The summed E-state index contributed by atoms with van der Waals surface area (Å²) in [4.78, 5) is 19.7. The van der Waals surface area contributed by atoms with Gasteiger partial charge in [-0.2, -0.15) is 0 Å². The number of hydrogen-bond acceptors (Lipinski definition) is 5. The van der Waals surface area contributed by atoms with E-state index in [2.05, 4.69) is 11.0 Å². The normalized spacial score (nSPS) is 17.2. The summed E-state index contributed by atoms with van der Waals surface area (Å²) in [5, 5.41) is 0. The van der Waals surface area contributed by atoms with Gasteiger partial charge in [-0.15, -0.1) is 0 Å². The second-order valence-corrected chi connectivity index (χ2v) is 7.18. The number of ether oxygens (including phenoxy) is 2. The third-order valence-corrected chi connectivity index (χ3v) is 5.46. The van der Waals surface area contributed by atoms with Crippen LogP contribution in [0.25, 0.3) is 5.65 Å². The van der Waals surface area contributed by atoms with Crippen LogP contribution in [-0.2, 0) is 6.54 Å². The van der Waals surface area contributed by atoms with E-state index in [1.807, 2.05) is 37.3 Å².